The molecule has 0 aliphatic rings. The Hall–Kier alpha value is -4.19. The first-order chi connectivity index (χ1) is 16.1. The first-order valence-corrected chi connectivity index (χ1v) is 10.8. The molecule has 6 heteroatoms. The summed E-state index contributed by atoms with van der Waals surface area (Å²) in [6.07, 6.45) is 0. The molecule has 0 radical (unpaired) electrons. The monoisotopic (exact) mass is 437 g/mol. The van der Waals surface area contributed by atoms with Crippen LogP contribution >= 0.6 is 0 Å². The van der Waals surface area contributed by atoms with E-state index < -0.39 is 0 Å². The van der Waals surface area contributed by atoms with E-state index in [4.69, 9.17) is 9.97 Å². The van der Waals surface area contributed by atoms with Gasteiger partial charge in [-0.15, -0.1) is 0 Å². The largest absolute Gasteiger partial charge is 0.381 e. The molecule has 0 amide bonds. The summed E-state index contributed by atoms with van der Waals surface area (Å²) >= 11 is 0. The molecule has 2 N–H and O–H groups in total. The Morgan fingerprint density at radius 3 is 2.33 bits per heavy atom. The van der Waals surface area contributed by atoms with Crippen molar-refractivity contribution in [3.05, 3.63) is 108 Å². The zero-order valence-electron chi connectivity index (χ0n) is 18.3. The number of rotatable bonds is 7. The fourth-order valence-electron chi connectivity index (χ4n) is 3.72. The predicted octanol–water partition coefficient (Wildman–Crippen LogP) is 6.01. The second-order valence-electron chi connectivity index (χ2n) is 8.03. The van der Waals surface area contributed by atoms with Gasteiger partial charge in [0.2, 0.25) is 0 Å². The van der Waals surface area contributed by atoms with E-state index in [0.29, 0.717) is 12.2 Å². The molecule has 2 aromatic heterocycles. The Labute approximate surface area is 192 Å². The van der Waals surface area contributed by atoms with E-state index in [1.54, 1.807) is 12.1 Å². The molecular formula is C27H24FN5. The van der Waals surface area contributed by atoms with Gasteiger partial charge in [-0.1, -0.05) is 42.5 Å². The summed E-state index contributed by atoms with van der Waals surface area (Å²) in [5.41, 5.74) is 5.83. The summed E-state index contributed by atoms with van der Waals surface area (Å²) < 4.78 is 13.0. The van der Waals surface area contributed by atoms with E-state index in [0.717, 1.165) is 40.5 Å². The molecule has 5 rings (SSSR count). The predicted molar refractivity (Wildman–Crippen MR) is 132 cm³/mol. The van der Waals surface area contributed by atoms with Crippen molar-refractivity contribution in [2.24, 2.45) is 0 Å². The van der Waals surface area contributed by atoms with Gasteiger partial charge in [0, 0.05) is 31.4 Å². The van der Waals surface area contributed by atoms with Gasteiger partial charge >= 0.3 is 0 Å². The Bertz CT molecular complexity index is 1350. The first-order valence-electron chi connectivity index (χ1n) is 10.8. The van der Waals surface area contributed by atoms with Crippen LogP contribution < -0.4 is 10.2 Å². The van der Waals surface area contributed by atoms with E-state index in [9.17, 15) is 4.39 Å². The number of aromatic nitrogens is 3. The summed E-state index contributed by atoms with van der Waals surface area (Å²) in [7, 11) is 2.03. The number of aromatic amines is 1. The molecule has 5 nitrogen and oxygen atoms in total. The standard InChI is InChI=1S/C27H24FN5/c1-33(18-20-5-3-2-4-6-20)25-16-15-24-27(31-25)32-26(30-24)21-9-13-23(14-10-21)29-17-19-7-11-22(28)12-8-19/h2-16,29H,17-18H2,1H3,(H,30,31,32). The topological polar surface area (TPSA) is 56.8 Å². The second kappa shape index (κ2) is 9.12. The number of nitrogens with zero attached hydrogens (tertiary/aromatic N) is 3. The number of hydrogen-bond acceptors (Lipinski definition) is 4. The quantitative estimate of drug-likeness (QED) is 0.327. The van der Waals surface area contributed by atoms with Gasteiger partial charge in [-0.2, -0.15) is 0 Å². The average molecular weight is 438 g/mol. The second-order valence-corrected chi connectivity index (χ2v) is 8.03. The fourth-order valence-corrected chi connectivity index (χ4v) is 3.72. The van der Waals surface area contributed by atoms with Crippen LogP contribution in [0.5, 0.6) is 0 Å². The Morgan fingerprint density at radius 1 is 0.818 bits per heavy atom. The van der Waals surface area contributed by atoms with Gasteiger partial charge in [0.1, 0.15) is 17.5 Å². The molecule has 0 aliphatic heterocycles. The van der Waals surface area contributed by atoms with Crippen LogP contribution in [0.4, 0.5) is 15.9 Å². The number of fused-ring (bicyclic) bond motifs is 1. The van der Waals surface area contributed by atoms with Crippen molar-refractivity contribution in [3.63, 3.8) is 0 Å². The molecule has 0 fully saturated rings. The highest BCUT2D eigenvalue weighted by Gasteiger charge is 2.10. The van der Waals surface area contributed by atoms with Gasteiger partial charge in [0.15, 0.2) is 5.65 Å². The summed E-state index contributed by atoms with van der Waals surface area (Å²) in [4.78, 5) is 14.9. The summed E-state index contributed by atoms with van der Waals surface area (Å²) in [5.74, 6) is 1.44. The van der Waals surface area contributed by atoms with Crippen molar-refractivity contribution >= 4 is 22.7 Å². The fraction of sp³-hybridized carbons (Fsp3) is 0.111. The van der Waals surface area contributed by atoms with E-state index in [2.05, 4.69) is 27.3 Å². The number of imidazole rings is 1. The SMILES string of the molecule is CN(Cc1ccccc1)c1ccc2[nH]c(-c3ccc(NCc4ccc(F)cc4)cc3)nc2n1. The number of nitrogens with one attached hydrogen (secondary N) is 2. The van der Waals surface area contributed by atoms with Crippen LogP contribution in [0.1, 0.15) is 11.1 Å². The minimum atomic E-state index is -0.224. The van der Waals surface area contributed by atoms with Gasteiger partial charge in [-0.3, -0.25) is 0 Å². The smallest absolute Gasteiger partial charge is 0.180 e. The molecule has 164 valence electrons. The van der Waals surface area contributed by atoms with Crippen molar-refractivity contribution < 1.29 is 4.39 Å². The van der Waals surface area contributed by atoms with Gasteiger partial charge in [0.05, 0.1) is 5.52 Å². The summed E-state index contributed by atoms with van der Waals surface area (Å²) in [6, 6.07) is 28.9. The van der Waals surface area contributed by atoms with Crippen molar-refractivity contribution in [1.82, 2.24) is 15.0 Å². The molecule has 2 heterocycles. The van der Waals surface area contributed by atoms with Gasteiger partial charge in [-0.05, 0) is 59.7 Å². The Morgan fingerprint density at radius 2 is 1.58 bits per heavy atom. The van der Waals surface area contributed by atoms with E-state index >= 15 is 0 Å². The highest BCUT2D eigenvalue weighted by atomic mass is 19.1. The summed E-state index contributed by atoms with van der Waals surface area (Å²) in [6.45, 7) is 1.41. The van der Waals surface area contributed by atoms with Crippen LogP contribution in [0.2, 0.25) is 0 Å². The van der Waals surface area contributed by atoms with Gasteiger partial charge < -0.3 is 15.2 Å². The number of pyridine rings is 1. The first kappa shape index (κ1) is 20.7. The number of halogens is 1. The van der Waals surface area contributed by atoms with Crippen LogP contribution in [-0.2, 0) is 13.1 Å². The van der Waals surface area contributed by atoms with Crippen molar-refractivity contribution in [2.45, 2.75) is 13.1 Å². The lowest BCUT2D eigenvalue weighted by atomic mass is 10.2. The van der Waals surface area contributed by atoms with E-state index in [1.807, 2.05) is 61.6 Å². The van der Waals surface area contributed by atoms with E-state index in [1.165, 1.54) is 17.7 Å². The third-order valence-electron chi connectivity index (χ3n) is 5.55. The van der Waals surface area contributed by atoms with Crippen LogP contribution in [0.3, 0.4) is 0 Å². The maximum atomic E-state index is 13.0. The number of H-pyrrole nitrogens is 1. The number of benzene rings is 3. The molecule has 0 saturated heterocycles. The third-order valence-corrected chi connectivity index (χ3v) is 5.55. The Kier molecular flexibility index (Phi) is 5.72. The van der Waals surface area contributed by atoms with Crippen molar-refractivity contribution in [1.29, 1.82) is 0 Å². The molecule has 0 unspecified atom stereocenters. The zero-order valence-corrected chi connectivity index (χ0v) is 18.3. The molecule has 0 bridgehead atoms. The average Bonchev–Trinajstić information content (AvgIpc) is 3.28. The molecule has 0 aliphatic carbocycles. The number of hydrogen-bond donors (Lipinski definition) is 2. The molecule has 0 atom stereocenters. The van der Waals surface area contributed by atoms with Crippen LogP contribution in [0.15, 0.2) is 91.0 Å². The lowest BCUT2D eigenvalue weighted by molar-refractivity contribution is 0.627. The lowest BCUT2D eigenvalue weighted by Gasteiger charge is -2.17. The molecule has 0 spiro atoms. The molecule has 5 aromatic rings. The van der Waals surface area contributed by atoms with E-state index in [-0.39, 0.29) is 5.82 Å². The minimum absolute atomic E-state index is 0.224. The van der Waals surface area contributed by atoms with Gasteiger partial charge in [0.25, 0.3) is 0 Å². The highest BCUT2D eigenvalue weighted by Crippen LogP contribution is 2.24. The minimum Gasteiger partial charge on any atom is -0.381 e. The van der Waals surface area contributed by atoms with Gasteiger partial charge in [-0.25, -0.2) is 14.4 Å². The number of anilines is 2. The lowest BCUT2D eigenvalue weighted by Crippen LogP contribution is -2.17. The summed E-state index contributed by atoms with van der Waals surface area (Å²) in [5, 5.41) is 3.35. The van der Waals surface area contributed by atoms with Crippen molar-refractivity contribution in [2.75, 3.05) is 17.3 Å². The van der Waals surface area contributed by atoms with Crippen LogP contribution in [0.25, 0.3) is 22.6 Å². The Balaban J connectivity index is 1.28. The normalized spacial score (nSPS) is 11.0. The third kappa shape index (κ3) is 4.85. The van der Waals surface area contributed by atoms with Crippen molar-refractivity contribution in [3.8, 4) is 11.4 Å². The van der Waals surface area contributed by atoms with Crippen LogP contribution in [0, 0.1) is 5.82 Å². The molecule has 33 heavy (non-hydrogen) atoms. The molecule has 3 aromatic carbocycles. The molecular weight excluding hydrogens is 413 g/mol. The molecule has 0 saturated carbocycles. The zero-order chi connectivity index (χ0) is 22.6. The van der Waals surface area contributed by atoms with Crippen LogP contribution in [-0.4, -0.2) is 22.0 Å². The maximum Gasteiger partial charge on any atom is 0.180 e. The highest BCUT2D eigenvalue weighted by molar-refractivity contribution is 5.78. The maximum absolute atomic E-state index is 13.0.